The van der Waals surface area contributed by atoms with E-state index in [4.69, 9.17) is 9.47 Å². The summed E-state index contributed by atoms with van der Waals surface area (Å²) in [6, 6.07) is 0. The molecule has 0 heterocycles. The van der Waals surface area contributed by atoms with Gasteiger partial charge in [0.1, 0.15) is 11.7 Å². The van der Waals surface area contributed by atoms with Crippen molar-refractivity contribution < 1.29 is 39.2 Å². The van der Waals surface area contributed by atoms with Gasteiger partial charge in [-0.15, -0.1) is 0 Å². The number of carbonyl (C=O) groups excluding carboxylic acids is 3. The molecule has 0 radical (unpaired) electrons. The van der Waals surface area contributed by atoms with Crippen LogP contribution >= 0.6 is 0 Å². The molecule has 4 rings (SSSR count). The number of hydrogen-bond acceptors (Lipinski definition) is 8. The third-order valence-electron chi connectivity index (χ3n) is 11.7. The average molecular weight is 629 g/mol. The SMILES string of the molecule is CC=C(C)C(=O)OC1C(C)C2(O)C(C=C(CO)CC3(O)C(=O)C(C)=CC32)C2C(C)(C)C12OC(=O)CCCCCCCCCCC. The fourth-order valence-corrected chi connectivity index (χ4v) is 8.97. The Balaban J connectivity index is 1.65. The van der Waals surface area contributed by atoms with Gasteiger partial charge in [-0.2, -0.15) is 0 Å². The first kappa shape index (κ1) is 35.6. The molecular formula is C37H56O8. The molecule has 0 aromatic rings. The smallest absolute Gasteiger partial charge is 0.333 e. The Bertz CT molecular complexity index is 1240. The van der Waals surface area contributed by atoms with Crippen molar-refractivity contribution in [1.82, 2.24) is 0 Å². The van der Waals surface area contributed by atoms with Gasteiger partial charge >= 0.3 is 11.9 Å². The van der Waals surface area contributed by atoms with E-state index in [9.17, 15) is 29.7 Å². The number of aliphatic hydroxyl groups is 3. The Morgan fingerprint density at radius 2 is 1.62 bits per heavy atom. The summed E-state index contributed by atoms with van der Waals surface area (Å²) in [5.74, 6) is -4.43. The second-order valence-electron chi connectivity index (χ2n) is 14.8. The van der Waals surface area contributed by atoms with Crippen molar-refractivity contribution in [2.45, 2.75) is 142 Å². The lowest BCUT2D eigenvalue weighted by Gasteiger charge is -2.53. The van der Waals surface area contributed by atoms with E-state index in [-0.39, 0.29) is 25.4 Å². The highest BCUT2D eigenvalue weighted by Gasteiger charge is 2.88. The number of carbonyl (C=O) groups is 3. The lowest BCUT2D eigenvalue weighted by Crippen LogP contribution is -2.66. The van der Waals surface area contributed by atoms with Gasteiger partial charge < -0.3 is 24.8 Å². The Hall–Kier alpha value is -2.29. The van der Waals surface area contributed by atoms with Gasteiger partial charge in [-0.25, -0.2) is 4.79 Å². The highest BCUT2D eigenvalue weighted by Crippen LogP contribution is 2.77. The zero-order valence-electron chi connectivity index (χ0n) is 28.5. The molecule has 8 nitrogen and oxygen atoms in total. The normalized spacial score (nSPS) is 36.6. The summed E-state index contributed by atoms with van der Waals surface area (Å²) in [4.78, 5) is 40.2. The lowest BCUT2D eigenvalue weighted by atomic mass is 9.59. The van der Waals surface area contributed by atoms with Crippen LogP contribution in [0.4, 0.5) is 0 Å². The van der Waals surface area contributed by atoms with Gasteiger partial charge in [-0.05, 0) is 38.3 Å². The van der Waals surface area contributed by atoms with Gasteiger partial charge in [0.05, 0.1) is 12.2 Å². The molecule has 4 aliphatic carbocycles. The minimum Gasteiger partial charge on any atom is -0.454 e. The maximum absolute atomic E-state index is 13.5. The van der Waals surface area contributed by atoms with Crippen LogP contribution in [-0.2, 0) is 23.9 Å². The molecule has 0 spiro atoms. The molecule has 252 valence electrons. The van der Waals surface area contributed by atoms with E-state index >= 15 is 0 Å². The Kier molecular flexibility index (Phi) is 10.6. The minimum absolute atomic E-state index is 0.118. The number of Topliss-reactive ketones (excluding diaryl/α,β-unsaturated/α-hetero) is 1. The third-order valence-corrected chi connectivity index (χ3v) is 11.7. The number of ether oxygens (including phenoxy) is 2. The van der Waals surface area contributed by atoms with Crippen molar-refractivity contribution in [3.63, 3.8) is 0 Å². The molecule has 0 aromatic heterocycles. The molecule has 8 heteroatoms. The van der Waals surface area contributed by atoms with E-state index in [1.165, 1.54) is 32.1 Å². The van der Waals surface area contributed by atoms with Gasteiger partial charge in [0.2, 0.25) is 0 Å². The molecule has 4 aliphatic rings. The van der Waals surface area contributed by atoms with E-state index in [1.54, 1.807) is 45.9 Å². The zero-order chi connectivity index (χ0) is 33.4. The maximum Gasteiger partial charge on any atom is 0.333 e. The monoisotopic (exact) mass is 628 g/mol. The Labute approximate surface area is 269 Å². The van der Waals surface area contributed by atoms with Crippen molar-refractivity contribution in [2.24, 2.45) is 29.1 Å². The molecular weight excluding hydrogens is 572 g/mol. The standard InChI is InChI=1S/C37H56O8/c1-8-10-11-12-13-14-15-16-17-18-29(39)45-37-30(34(37,6)7)27-20-26(22-38)21-35(42)28(19-24(4)31(35)40)36(27,43)25(5)32(37)44-33(41)23(3)9-2/h9,19-20,25,27-28,30,32,38,42-43H,8,10-18,21-22H2,1-7H3. The number of aliphatic hydroxyl groups excluding tert-OH is 1. The third kappa shape index (κ3) is 5.89. The minimum atomic E-state index is -1.95. The van der Waals surface area contributed by atoms with Crippen molar-refractivity contribution in [2.75, 3.05) is 6.61 Å². The number of fused-ring (bicyclic) bond motifs is 5. The van der Waals surface area contributed by atoms with Crippen LogP contribution in [0, 0.1) is 29.1 Å². The molecule has 2 fully saturated rings. The Morgan fingerprint density at radius 3 is 2.20 bits per heavy atom. The molecule has 0 saturated heterocycles. The lowest BCUT2D eigenvalue weighted by molar-refractivity contribution is -0.227. The van der Waals surface area contributed by atoms with E-state index in [2.05, 4.69) is 6.92 Å². The second-order valence-corrected chi connectivity index (χ2v) is 14.8. The van der Waals surface area contributed by atoms with Gasteiger partial charge in [0.15, 0.2) is 11.4 Å². The summed E-state index contributed by atoms with van der Waals surface area (Å²) in [7, 11) is 0. The molecule has 8 atom stereocenters. The summed E-state index contributed by atoms with van der Waals surface area (Å²) in [6.07, 6.45) is 14.3. The molecule has 0 bridgehead atoms. The van der Waals surface area contributed by atoms with E-state index in [0.717, 1.165) is 19.3 Å². The molecule has 8 unspecified atom stereocenters. The van der Waals surface area contributed by atoms with Crippen LogP contribution in [0.1, 0.15) is 119 Å². The van der Waals surface area contributed by atoms with Gasteiger partial charge in [0.25, 0.3) is 0 Å². The summed E-state index contributed by atoms with van der Waals surface area (Å²) in [5, 5.41) is 35.0. The second kappa shape index (κ2) is 13.4. The molecule has 0 aromatic carbocycles. The molecule has 2 saturated carbocycles. The average Bonchev–Trinajstić information content (AvgIpc) is 3.43. The van der Waals surface area contributed by atoms with Gasteiger partial charge in [-0.3, -0.25) is 9.59 Å². The van der Waals surface area contributed by atoms with Crippen LogP contribution < -0.4 is 0 Å². The van der Waals surface area contributed by atoms with Crippen molar-refractivity contribution in [3.05, 3.63) is 34.9 Å². The van der Waals surface area contributed by atoms with Crippen LogP contribution in [0.5, 0.6) is 0 Å². The van der Waals surface area contributed by atoms with E-state index in [0.29, 0.717) is 23.1 Å². The number of allylic oxidation sites excluding steroid dienone is 1. The van der Waals surface area contributed by atoms with Crippen LogP contribution in [0.15, 0.2) is 34.9 Å². The van der Waals surface area contributed by atoms with Gasteiger partial charge in [0, 0.05) is 47.5 Å². The quantitative estimate of drug-likeness (QED) is 0.0936. The highest BCUT2D eigenvalue weighted by molar-refractivity contribution is 6.04. The number of esters is 2. The highest BCUT2D eigenvalue weighted by atomic mass is 16.6. The number of hydrogen-bond donors (Lipinski definition) is 3. The predicted molar refractivity (Wildman–Crippen MR) is 172 cm³/mol. The predicted octanol–water partition coefficient (Wildman–Crippen LogP) is 5.92. The van der Waals surface area contributed by atoms with Crippen molar-refractivity contribution in [1.29, 1.82) is 0 Å². The number of ketones is 1. The van der Waals surface area contributed by atoms with E-state index in [1.807, 2.05) is 13.8 Å². The first-order chi connectivity index (χ1) is 21.2. The molecule has 3 N–H and O–H groups in total. The summed E-state index contributed by atoms with van der Waals surface area (Å²) in [6.45, 7) is 12.5. The van der Waals surface area contributed by atoms with Crippen LogP contribution in [0.25, 0.3) is 0 Å². The van der Waals surface area contributed by atoms with Crippen LogP contribution in [-0.4, -0.2) is 62.6 Å². The molecule has 0 aliphatic heterocycles. The van der Waals surface area contributed by atoms with E-state index < -0.39 is 63.7 Å². The van der Waals surface area contributed by atoms with Gasteiger partial charge in [-0.1, -0.05) is 97.3 Å². The van der Waals surface area contributed by atoms with Crippen LogP contribution in [0.3, 0.4) is 0 Å². The molecule has 45 heavy (non-hydrogen) atoms. The Morgan fingerprint density at radius 1 is 1.02 bits per heavy atom. The fourth-order valence-electron chi connectivity index (χ4n) is 8.97. The maximum atomic E-state index is 13.5. The zero-order valence-corrected chi connectivity index (χ0v) is 28.5. The van der Waals surface area contributed by atoms with Crippen molar-refractivity contribution in [3.8, 4) is 0 Å². The molecule has 0 amide bonds. The largest absolute Gasteiger partial charge is 0.454 e. The number of rotatable bonds is 14. The van der Waals surface area contributed by atoms with Crippen molar-refractivity contribution >= 4 is 17.7 Å². The summed E-state index contributed by atoms with van der Waals surface area (Å²) >= 11 is 0. The van der Waals surface area contributed by atoms with Crippen LogP contribution in [0.2, 0.25) is 0 Å². The summed E-state index contributed by atoms with van der Waals surface area (Å²) < 4.78 is 12.6. The topological polar surface area (TPSA) is 130 Å². The number of unbranched alkanes of at least 4 members (excludes halogenated alkanes) is 8. The first-order valence-corrected chi connectivity index (χ1v) is 17.2. The fraction of sp³-hybridized carbons (Fsp3) is 0.757. The first-order valence-electron chi connectivity index (χ1n) is 17.2. The summed E-state index contributed by atoms with van der Waals surface area (Å²) in [5.41, 5.74) is -4.46.